The zero-order chi connectivity index (χ0) is 28.1. The first kappa shape index (κ1) is 28.8. The molecule has 4 aromatic rings. The highest BCUT2D eigenvalue weighted by molar-refractivity contribution is 14.1. The van der Waals surface area contributed by atoms with Crippen molar-refractivity contribution in [1.29, 1.82) is 0 Å². The Hall–Kier alpha value is -3.22. The Morgan fingerprint density at radius 2 is 2.03 bits per heavy atom. The molecule has 0 atom stereocenters. The molecule has 0 aliphatic carbocycles. The van der Waals surface area contributed by atoms with Crippen LogP contribution in [0.2, 0.25) is 5.02 Å². The second-order valence-corrected chi connectivity index (χ2v) is 10.8. The zero-order valence-electron chi connectivity index (χ0n) is 21.4. The van der Waals surface area contributed by atoms with Crippen LogP contribution in [0.4, 0.5) is 15.8 Å². The number of anilines is 2. The highest BCUT2D eigenvalue weighted by Crippen LogP contribution is 2.31. The Morgan fingerprint density at radius 3 is 2.72 bits per heavy atom. The van der Waals surface area contributed by atoms with Gasteiger partial charge in [-0.25, -0.2) is 4.39 Å². The van der Waals surface area contributed by atoms with Gasteiger partial charge in [0.2, 0.25) is 0 Å². The third-order valence-electron chi connectivity index (χ3n) is 5.76. The molecule has 3 aromatic carbocycles. The molecular weight excluding hydrogens is 652 g/mol. The molecule has 39 heavy (non-hydrogen) atoms. The third kappa shape index (κ3) is 7.06. The van der Waals surface area contributed by atoms with Crippen LogP contribution in [0.3, 0.4) is 0 Å². The van der Waals surface area contributed by atoms with Gasteiger partial charge in [0.05, 0.1) is 17.1 Å². The SMILES string of the molecule is C/N=C\C(CC(=O)c1cc2cc(I)c(NSC)cc2[nH]1)=C(\N)Nc1c(C)cc(Oc2cccc(Cl)c2)cc1F. The number of ketones is 1. The van der Waals surface area contributed by atoms with E-state index < -0.39 is 5.82 Å². The van der Waals surface area contributed by atoms with E-state index in [1.165, 1.54) is 24.2 Å². The van der Waals surface area contributed by atoms with Crippen molar-refractivity contribution >= 4 is 80.4 Å². The topological polar surface area (TPSA) is 105 Å². The molecule has 1 aromatic heterocycles. The highest BCUT2D eigenvalue weighted by Gasteiger charge is 2.17. The molecule has 5 N–H and O–H groups in total. The summed E-state index contributed by atoms with van der Waals surface area (Å²) in [5.74, 6) is 0.188. The minimum atomic E-state index is -0.561. The first-order valence-corrected chi connectivity index (χ1v) is 14.4. The summed E-state index contributed by atoms with van der Waals surface area (Å²) in [5.41, 5.74) is 9.74. The van der Waals surface area contributed by atoms with E-state index in [0.29, 0.717) is 33.4 Å². The molecule has 0 unspecified atom stereocenters. The Labute approximate surface area is 248 Å². The van der Waals surface area contributed by atoms with Crippen molar-refractivity contribution in [2.75, 3.05) is 23.3 Å². The number of halogens is 3. The van der Waals surface area contributed by atoms with Gasteiger partial charge in [-0.1, -0.05) is 29.6 Å². The van der Waals surface area contributed by atoms with Crippen LogP contribution in [-0.2, 0) is 0 Å². The van der Waals surface area contributed by atoms with Crippen LogP contribution in [0.1, 0.15) is 22.5 Å². The monoisotopic (exact) mass is 677 g/mol. The van der Waals surface area contributed by atoms with Crippen LogP contribution in [0.15, 0.2) is 71.0 Å². The van der Waals surface area contributed by atoms with Crippen LogP contribution < -0.4 is 20.5 Å². The smallest absolute Gasteiger partial charge is 0.183 e. The van der Waals surface area contributed by atoms with Gasteiger partial charge in [0.15, 0.2) is 11.6 Å². The summed E-state index contributed by atoms with van der Waals surface area (Å²) in [6.45, 7) is 1.73. The van der Waals surface area contributed by atoms with Crippen LogP contribution in [0, 0.1) is 16.3 Å². The number of nitrogens with two attached hydrogens (primary N) is 1. The number of H-pyrrole nitrogens is 1. The predicted molar refractivity (Wildman–Crippen MR) is 169 cm³/mol. The number of ether oxygens (including phenoxy) is 1. The van der Waals surface area contributed by atoms with Crippen molar-refractivity contribution in [3.05, 3.63) is 91.7 Å². The van der Waals surface area contributed by atoms with Crippen molar-refractivity contribution in [1.82, 2.24) is 4.98 Å². The van der Waals surface area contributed by atoms with Crippen molar-refractivity contribution in [3.8, 4) is 11.5 Å². The third-order valence-corrected chi connectivity index (χ3v) is 7.31. The van der Waals surface area contributed by atoms with Gasteiger partial charge >= 0.3 is 0 Å². The molecule has 0 aliphatic heterocycles. The van der Waals surface area contributed by atoms with E-state index in [-0.39, 0.29) is 23.7 Å². The lowest BCUT2D eigenvalue weighted by atomic mass is 10.1. The van der Waals surface area contributed by atoms with Gasteiger partial charge in [-0.2, -0.15) is 0 Å². The Morgan fingerprint density at radius 1 is 1.23 bits per heavy atom. The quantitative estimate of drug-likeness (QED) is 0.0589. The number of aromatic nitrogens is 1. The van der Waals surface area contributed by atoms with Gasteiger partial charge in [0.25, 0.3) is 0 Å². The van der Waals surface area contributed by atoms with Crippen molar-refractivity contribution in [2.24, 2.45) is 10.7 Å². The summed E-state index contributed by atoms with van der Waals surface area (Å²) >= 11 is 9.76. The number of hydrogen-bond donors (Lipinski definition) is 4. The zero-order valence-corrected chi connectivity index (χ0v) is 25.1. The van der Waals surface area contributed by atoms with Crippen LogP contribution in [-0.4, -0.2) is 30.3 Å². The van der Waals surface area contributed by atoms with E-state index in [1.807, 2.05) is 24.5 Å². The molecule has 4 rings (SSSR count). The number of aryl methyl sites for hydroxylation is 1. The molecule has 0 spiro atoms. The maximum absolute atomic E-state index is 15.1. The molecule has 0 aliphatic rings. The molecule has 0 amide bonds. The summed E-state index contributed by atoms with van der Waals surface area (Å²) in [6, 6.07) is 15.6. The average Bonchev–Trinajstić information content (AvgIpc) is 3.29. The number of fused-ring (bicyclic) bond motifs is 1. The number of nitrogens with zero attached hydrogens (tertiary/aromatic N) is 1. The van der Waals surface area contributed by atoms with E-state index in [2.05, 4.69) is 42.6 Å². The lowest BCUT2D eigenvalue weighted by Crippen LogP contribution is -2.17. The summed E-state index contributed by atoms with van der Waals surface area (Å²) in [7, 11) is 1.58. The fourth-order valence-electron chi connectivity index (χ4n) is 3.94. The van der Waals surface area contributed by atoms with E-state index in [9.17, 15) is 4.79 Å². The van der Waals surface area contributed by atoms with Crippen molar-refractivity contribution < 1.29 is 13.9 Å². The summed E-state index contributed by atoms with van der Waals surface area (Å²) in [5, 5.41) is 4.35. The molecular formula is C28H26ClFIN5O2S. The fraction of sp³-hybridized carbons (Fsp3) is 0.143. The van der Waals surface area contributed by atoms with Gasteiger partial charge in [-0.3, -0.25) is 9.79 Å². The van der Waals surface area contributed by atoms with E-state index in [1.54, 1.807) is 44.3 Å². The van der Waals surface area contributed by atoms with Crippen LogP contribution in [0.5, 0.6) is 11.5 Å². The Balaban J connectivity index is 1.56. The second-order valence-electron chi connectivity index (χ2n) is 8.62. The number of carbonyl (C=O) groups excluding carboxylic acids is 1. The summed E-state index contributed by atoms with van der Waals surface area (Å²) in [4.78, 5) is 20.4. The lowest BCUT2D eigenvalue weighted by molar-refractivity contribution is 0.0990. The van der Waals surface area contributed by atoms with E-state index in [4.69, 9.17) is 22.1 Å². The minimum Gasteiger partial charge on any atom is -0.457 e. The van der Waals surface area contributed by atoms with Gasteiger partial charge in [0.1, 0.15) is 17.3 Å². The molecule has 0 bridgehead atoms. The van der Waals surface area contributed by atoms with E-state index >= 15 is 4.39 Å². The van der Waals surface area contributed by atoms with Crippen LogP contribution in [0.25, 0.3) is 10.9 Å². The standard InChI is InChI=1S/C28H26ClFIN5O2S/c1-15-7-20(38-19-6-4-5-18(29)11-19)12-21(30)27(15)35-28(32)17(14-33-2)10-26(37)25-9-16-8-22(31)24(36-39-3)13-23(16)34-25/h4-9,11-14,34-36H,10,32H2,1-3H3/b28-17-,33-14-. The maximum atomic E-state index is 15.1. The number of rotatable bonds is 10. The maximum Gasteiger partial charge on any atom is 0.183 e. The molecule has 0 saturated carbocycles. The first-order valence-electron chi connectivity index (χ1n) is 11.7. The largest absolute Gasteiger partial charge is 0.457 e. The summed E-state index contributed by atoms with van der Waals surface area (Å²) < 4.78 is 25.1. The summed E-state index contributed by atoms with van der Waals surface area (Å²) in [6.07, 6.45) is 3.41. The fourth-order valence-corrected chi connectivity index (χ4v) is 5.32. The van der Waals surface area contributed by atoms with Crippen LogP contribution >= 0.6 is 46.1 Å². The number of carbonyl (C=O) groups is 1. The number of benzene rings is 3. The molecule has 7 nitrogen and oxygen atoms in total. The van der Waals surface area contributed by atoms with Gasteiger partial charge in [-0.15, -0.1) is 0 Å². The van der Waals surface area contributed by atoms with Crippen molar-refractivity contribution in [3.63, 3.8) is 0 Å². The number of aromatic amines is 1. The number of allylic oxidation sites excluding steroid dienone is 1. The van der Waals surface area contributed by atoms with E-state index in [0.717, 1.165) is 20.2 Å². The Kier molecular flexibility index (Phi) is 9.41. The number of nitrogens with one attached hydrogen (secondary N) is 3. The number of Topliss-reactive ketones (excluding diaryl/α,β-unsaturated/α-hetero) is 1. The molecule has 202 valence electrons. The molecule has 0 radical (unpaired) electrons. The molecule has 0 fully saturated rings. The lowest BCUT2D eigenvalue weighted by Gasteiger charge is -2.15. The van der Waals surface area contributed by atoms with Gasteiger partial charge in [0, 0.05) is 57.1 Å². The second kappa shape index (κ2) is 12.8. The van der Waals surface area contributed by atoms with Crippen molar-refractivity contribution in [2.45, 2.75) is 13.3 Å². The number of aliphatic imine (C=N–C) groups is 1. The van der Waals surface area contributed by atoms with Gasteiger partial charge < -0.3 is 25.5 Å². The molecule has 11 heteroatoms. The predicted octanol–water partition coefficient (Wildman–Crippen LogP) is 7.91. The average molecular weight is 678 g/mol. The molecule has 1 heterocycles. The highest BCUT2D eigenvalue weighted by atomic mass is 127. The normalized spacial score (nSPS) is 12.1. The Bertz CT molecular complexity index is 1580. The molecule has 0 saturated heterocycles. The first-order chi connectivity index (χ1) is 18.7. The number of hydrogen-bond acceptors (Lipinski definition) is 7. The van der Waals surface area contributed by atoms with Gasteiger partial charge in [-0.05, 0) is 77.5 Å². The minimum absolute atomic E-state index is 0.0351.